The van der Waals surface area contributed by atoms with E-state index in [2.05, 4.69) is 19.6 Å². The van der Waals surface area contributed by atoms with Crippen LogP contribution in [-0.4, -0.2) is 10.9 Å². The molecular formula is C11H16OS. The minimum absolute atomic E-state index is 0.377. The van der Waals surface area contributed by atoms with Crippen LogP contribution >= 0.6 is 12.6 Å². The lowest BCUT2D eigenvalue weighted by atomic mass is 10.0. The molecule has 1 unspecified atom stereocenters. The molecule has 72 valence electrons. The molecule has 1 aromatic carbocycles. The van der Waals surface area contributed by atoms with Crippen molar-refractivity contribution in [2.75, 3.05) is 5.75 Å². The minimum atomic E-state index is 0.377. The first-order chi connectivity index (χ1) is 6.13. The van der Waals surface area contributed by atoms with E-state index in [-0.39, 0.29) is 0 Å². The molecule has 1 aromatic rings. The highest BCUT2D eigenvalue weighted by atomic mass is 32.1. The molecule has 1 atom stereocenters. The van der Waals surface area contributed by atoms with Gasteiger partial charge in [-0.3, -0.25) is 0 Å². The third-order valence-electron chi connectivity index (χ3n) is 2.16. The van der Waals surface area contributed by atoms with Crippen molar-refractivity contribution in [3.8, 4) is 5.75 Å². The molecule has 0 amide bonds. The molecule has 0 fully saturated rings. The summed E-state index contributed by atoms with van der Waals surface area (Å²) < 4.78 is 0. The lowest BCUT2D eigenvalue weighted by molar-refractivity contribution is 0.470. The summed E-state index contributed by atoms with van der Waals surface area (Å²) in [6.07, 6.45) is 1.03. The molecule has 0 spiro atoms. The number of benzene rings is 1. The average Bonchev–Trinajstić information content (AvgIpc) is 2.11. The van der Waals surface area contributed by atoms with Gasteiger partial charge >= 0.3 is 0 Å². The standard InChI is InChI=1S/C11H16OS/c1-8(7-13)5-10-3-4-11(12)9(2)6-10/h3-4,6,8,12-13H,5,7H2,1-2H3. The smallest absolute Gasteiger partial charge is 0.118 e. The maximum absolute atomic E-state index is 9.32. The van der Waals surface area contributed by atoms with Crippen molar-refractivity contribution in [2.24, 2.45) is 5.92 Å². The third kappa shape index (κ3) is 2.96. The fraction of sp³-hybridized carbons (Fsp3) is 0.455. The summed E-state index contributed by atoms with van der Waals surface area (Å²) >= 11 is 4.24. The Morgan fingerprint density at radius 1 is 1.46 bits per heavy atom. The monoisotopic (exact) mass is 196 g/mol. The van der Waals surface area contributed by atoms with Gasteiger partial charge in [0.25, 0.3) is 0 Å². The van der Waals surface area contributed by atoms with Gasteiger partial charge in [-0.25, -0.2) is 0 Å². The van der Waals surface area contributed by atoms with E-state index in [1.54, 1.807) is 6.07 Å². The number of phenols is 1. The molecule has 2 heteroatoms. The number of rotatable bonds is 3. The predicted octanol–water partition coefficient (Wildman–Crippen LogP) is 2.81. The van der Waals surface area contributed by atoms with Gasteiger partial charge in [0.1, 0.15) is 5.75 Å². The van der Waals surface area contributed by atoms with E-state index in [9.17, 15) is 5.11 Å². The summed E-state index contributed by atoms with van der Waals surface area (Å²) in [4.78, 5) is 0. The first-order valence-corrected chi connectivity index (χ1v) is 5.16. The summed E-state index contributed by atoms with van der Waals surface area (Å²) in [5.41, 5.74) is 2.22. The lowest BCUT2D eigenvalue weighted by Gasteiger charge is -2.08. The number of hydrogen-bond donors (Lipinski definition) is 2. The van der Waals surface area contributed by atoms with Gasteiger partial charge in [-0.1, -0.05) is 19.1 Å². The maximum atomic E-state index is 9.32. The van der Waals surface area contributed by atoms with Gasteiger partial charge in [0, 0.05) is 0 Å². The zero-order chi connectivity index (χ0) is 9.84. The van der Waals surface area contributed by atoms with Crippen molar-refractivity contribution >= 4 is 12.6 Å². The fourth-order valence-electron chi connectivity index (χ4n) is 1.31. The minimum Gasteiger partial charge on any atom is -0.508 e. The molecule has 0 saturated carbocycles. The van der Waals surface area contributed by atoms with E-state index in [0.717, 1.165) is 17.7 Å². The molecule has 1 nitrogen and oxygen atoms in total. The van der Waals surface area contributed by atoms with Crippen LogP contribution in [-0.2, 0) is 6.42 Å². The van der Waals surface area contributed by atoms with Crippen LogP contribution in [0.5, 0.6) is 5.75 Å². The van der Waals surface area contributed by atoms with Gasteiger partial charge in [0.2, 0.25) is 0 Å². The van der Waals surface area contributed by atoms with Gasteiger partial charge < -0.3 is 5.11 Å². The number of phenolic OH excluding ortho intramolecular Hbond substituents is 1. The molecule has 0 saturated heterocycles. The lowest BCUT2D eigenvalue weighted by Crippen LogP contribution is -2.00. The van der Waals surface area contributed by atoms with Crippen molar-refractivity contribution in [3.63, 3.8) is 0 Å². The molecule has 13 heavy (non-hydrogen) atoms. The van der Waals surface area contributed by atoms with Gasteiger partial charge in [-0.05, 0) is 42.2 Å². The van der Waals surface area contributed by atoms with Crippen LogP contribution in [0.1, 0.15) is 18.1 Å². The number of aryl methyl sites for hydroxylation is 1. The van der Waals surface area contributed by atoms with E-state index in [1.807, 2.05) is 19.1 Å². The van der Waals surface area contributed by atoms with Crippen LogP contribution in [0.15, 0.2) is 18.2 Å². The summed E-state index contributed by atoms with van der Waals surface area (Å²) in [7, 11) is 0. The van der Waals surface area contributed by atoms with Crippen molar-refractivity contribution in [3.05, 3.63) is 29.3 Å². The molecular weight excluding hydrogens is 180 g/mol. The summed E-state index contributed by atoms with van der Waals surface area (Å²) in [5, 5.41) is 9.32. The predicted molar refractivity (Wildman–Crippen MR) is 59.6 cm³/mol. The topological polar surface area (TPSA) is 20.2 Å². The Balaban J connectivity index is 2.73. The normalized spacial score (nSPS) is 12.8. The molecule has 0 aliphatic carbocycles. The second kappa shape index (κ2) is 4.56. The first-order valence-electron chi connectivity index (χ1n) is 4.53. The second-order valence-electron chi connectivity index (χ2n) is 3.61. The molecule has 0 bridgehead atoms. The molecule has 1 N–H and O–H groups in total. The summed E-state index contributed by atoms with van der Waals surface area (Å²) in [6.45, 7) is 4.10. The molecule has 0 aliphatic heterocycles. The van der Waals surface area contributed by atoms with Crippen molar-refractivity contribution < 1.29 is 5.11 Å². The van der Waals surface area contributed by atoms with Crippen molar-refractivity contribution in [1.82, 2.24) is 0 Å². The van der Waals surface area contributed by atoms with Gasteiger partial charge in [-0.15, -0.1) is 0 Å². The Morgan fingerprint density at radius 2 is 2.15 bits per heavy atom. The highest BCUT2D eigenvalue weighted by Crippen LogP contribution is 2.19. The highest BCUT2D eigenvalue weighted by molar-refractivity contribution is 7.80. The largest absolute Gasteiger partial charge is 0.508 e. The molecule has 0 aromatic heterocycles. The molecule has 0 radical (unpaired) electrons. The Hall–Kier alpha value is -0.630. The quantitative estimate of drug-likeness (QED) is 0.712. The molecule has 0 aliphatic rings. The van der Waals surface area contributed by atoms with Crippen LogP contribution in [0, 0.1) is 12.8 Å². The van der Waals surface area contributed by atoms with Crippen molar-refractivity contribution in [2.45, 2.75) is 20.3 Å². The van der Waals surface area contributed by atoms with Crippen LogP contribution in [0.4, 0.5) is 0 Å². The Labute approximate surface area is 85.2 Å². The third-order valence-corrected chi connectivity index (χ3v) is 2.78. The highest BCUT2D eigenvalue weighted by Gasteiger charge is 2.03. The zero-order valence-corrected chi connectivity index (χ0v) is 9.01. The van der Waals surface area contributed by atoms with Gasteiger partial charge in [-0.2, -0.15) is 12.6 Å². The Morgan fingerprint density at radius 3 is 2.69 bits per heavy atom. The van der Waals surface area contributed by atoms with E-state index in [1.165, 1.54) is 5.56 Å². The van der Waals surface area contributed by atoms with Crippen LogP contribution in [0.3, 0.4) is 0 Å². The van der Waals surface area contributed by atoms with E-state index in [0.29, 0.717) is 11.7 Å². The van der Waals surface area contributed by atoms with Crippen LogP contribution in [0.25, 0.3) is 0 Å². The Bertz CT molecular complexity index is 283. The molecule has 1 rings (SSSR count). The maximum Gasteiger partial charge on any atom is 0.118 e. The zero-order valence-electron chi connectivity index (χ0n) is 8.12. The van der Waals surface area contributed by atoms with Crippen molar-refractivity contribution in [1.29, 1.82) is 0 Å². The average molecular weight is 196 g/mol. The van der Waals surface area contributed by atoms with E-state index >= 15 is 0 Å². The number of aromatic hydroxyl groups is 1. The summed E-state index contributed by atoms with van der Waals surface area (Å²) in [5.74, 6) is 1.87. The van der Waals surface area contributed by atoms with Crippen LogP contribution < -0.4 is 0 Å². The molecule has 0 heterocycles. The fourth-order valence-corrected chi connectivity index (χ4v) is 1.44. The Kier molecular flexibility index (Phi) is 3.67. The SMILES string of the molecule is Cc1cc(CC(C)CS)ccc1O. The number of hydrogen-bond acceptors (Lipinski definition) is 2. The van der Waals surface area contributed by atoms with E-state index < -0.39 is 0 Å². The van der Waals surface area contributed by atoms with E-state index in [4.69, 9.17) is 0 Å². The number of thiol groups is 1. The van der Waals surface area contributed by atoms with Gasteiger partial charge in [0.15, 0.2) is 0 Å². The van der Waals surface area contributed by atoms with Gasteiger partial charge in [0.05, 0.1) is 0 Å². The first kappa shape index (κ1) is 10.5. The van der Waals surface area contributed by atoms with Crippen LogP contribution in [0.2, 0.25) is 0 Å². The summed E-state index contributed by atoms with van der Waals surface area (Å²) in [6, 6.07) is 5.77. The second-order valence-corrected chi connectivity index (χ2v) is 3.98.